The number of benzene rings is 3. The highest BCUT2D eigenvalue weighted by Gasteiger charge is 2.21. The van der Waals surface area contributed by atoms with Crippen LogP contribution < -0.4 is 0 Å². The van der Waals surface area contributed by atoms with Crippen molar-refractivity contribution in [3.63, 3.8) is 0 Å². The molecule has 0 radical (unpaired) electrons. The molecule has 3 aromatic rings. The summed E-state index contributed by atoms with van der Waals surface area (Å²) in [7, 11) is 0. The van der Waals surface area contributed by atoms with E-state index >= 15 is 0 Å². The summed E-state index contributed by atoms with van der Waals surface area (Å²) in [6.45, 7) is 2.19. The smallest absolute Gasteiger partial charge is 0.127 e. The summed E-state index contributed by atoms with van der Waals surface area (Å²) in [6.07, 6.45) is 6.32. The van der Waals surface area contributed by atoms with Crippen molar-refractivity contribution < 1.29 is 4.39 Å². The van der Waals surface area contributed by atoms with E-state index in [1.165, 1.54) is 30.4 Å². The van der Waals surface area contributed by atoms with Gasteiger partial charge in [-0.2, -0.15) is 5.26 Å². The standard InChI is InChI=1S/C26H24FN/c1-2-3-4-5-6-21-14-23-15-22-13-20(19-9-7-18(17-28)8-10-19)11-12-24(22)25(23)16-26(21)27/h7-14,16H,2-6,15H2,1H3. The van der Waals surface area contributed by atoms with Crippen molar-refractivity contribution in [2.45, 2.75) is 45.4 Å². The molecule has 0 bridgehead atoms. The molecule has 1 aliphatic rings. The van der Waals surface area contributed by atoms with Crippen LogP contribution in [0.5, 0.6) is 0 Å². The van der Waals surface area contributed by atoms with Crippen LogP contribution in [0.1, 0.15) is 54.9 Å². The van der Waals surface area contributed by atoms with Crippen LogP contribution in [-0.2, 0) is 12.8 Å². The first-order valence-corrected chi connectivity index (χ1v) is 10.1. The minimum absolute atomic E-state index is 0.0701. The number of nitrogens with zero attached hydrogens (tertiary/aromatic N) is 1. The molecule has 0 N–H and O–H groups in total. The van der Waals surface area contributed by atoms with E-state index in [-0.39, 0.29) is 5.82 Å². The highest BCUT2D eigenvalue weighted by molar-refractivity contribution is 5.80. The average molecular weight is 369 g/mol. The van der Waals surface area contributed by atoms with E-state index in [1.54, 1.807) is 6.07 Å². The second kappa shape index (κ2) is 7.98. The Hall–Kier alpha value is -2.92. The Morgan fingerprint density at radius 3 is 2.36 bits per heavy atom. The molecule has 0 unspecified atom stereocenters. The fourth-order valence-electron chi connectivity index (χ4n) is 4.12. The van der Waals surface area contributed by atoms with E-state index in [2.05, 4.69) is 37.3 Å². The van der Waals surface area contributed by atoms with Crippen molar-refractivity contribution in [3.05, 3.63) is 82.7 Å². The molecule has 0 atom stereocenters. The molecule has 28 heavy (non-hydrogen) atoms. The number of nitriles is 1. The van der Waals surface area contributed by atoms with Gasteiger partial charge in [0, 0.05) is 0 Å². The molecule has 0 aliphatic heterocycles. The third-order valence-electron chi connectivity index (χ3n) is 5.70. The second-order valence-electron chi connectivity index (χ2n) is 7.65. The Morgan fingerprint density at radius 1 is 0.857 bits per heavy atom. The lowest BCUT2D eigenvalue weighted by atomic mass is 9.98. The maximum Gasteiger partial charge on any atom is 0.127 e. The Bertz CT molecular complexity index is 1040. The summed E-state index contributed by atoms with van der Waals surface area (Å²) >= 11 is 0. The fourth-order valence-corrected chi connectivity index (χ4v) is 4.12. The van der Waals surface area contributed by atoms with Crippen LogP contribution in [-0.4, -0.2) is 0 Å². The summed E-state index contributed by atoms with van der Waals surface area (Å²) < 4.78 is 14.6. The third-order valence-corrected chi connectivity index (χ3v) is 5.70. The first-order valence-electron chi connectivity index (χ1n) is 10.1. The van der Waals surface area contributed by atoms with Crippen molar-refractivity contribution in [2.75, 3.05) is 0 Å². The van der Waals surface area contributed by atoms with Crippen LogP contribution >= 0.6 is 0 Å². The number of fused-ring (bicyclic) bond motifs is 3. The maximum absolute atomic E-state index is 14.6. The van der Waals surface area contributed by atoms with Crippen molar-refractivity contribution in [1.29, 1.82) is 5.26 Å². The lowest BCUT2D eigenvalue weighted by molar-refractivity contribution is 0.594. The Labute approximate surface area is 166 Å². The minimum Gasteiger partial charge on any atom is -0.207 e. The van der Waals surface area contributed by atoms with Gasteiger partial charge in [0.25, 0.3) is 0 Å². The van der Waals surface area contributed by atoms with E-state index in [0.29, 0.717) is 5.56 Å². The first kappa shape index (κ1) is 18.4. The van der Waals surface area contributed by atoms with Gasteiger partial charge in [0.1, 0.15) is 5.82 Å². The van der Waals surface area contributed by atoms with Gasteiger partial charge < -0.3 is 0 Å². The quantitative estimate of drug-likeness (QED) is 0.334. The monoisotopic (exact) mass is 369 g/mol. The van der Waals surface area contributed by atoms with E-state index in [0.717, 1.165) is 47.1 Å². The van der Waals surface area contributed by atoms with Crippen LogP contribution in [0, 0.1) is 17.1 Å². The van der Waals surface area contributed by atoms with Crippen LogP contribution in [0.15, 0.2) is 54.6 Å². The van der Waals surface area contributed by atoms with Gasteiger partial charge in [-0.05, 0) is 76.4 Å². The van der Waals surface area contributed by atoms with Gasteiger partial charge in [0.05, 0.1) is 11.6 Å². The summed E-state index contributed by atoms with van der Waals surface area (Å²) in [4.78, 5) is 0. The minimum atomic E-state index is -0.0701. The molecule has 0 saturated carbocycles. The third kappa shape index (κ3) is 3.58. The number of hydrogen-bond acceptors (Lipinski definition) is 1. The second-order valence-corrected chi connectivity index (χ2v) is 7.65. The van der Waals surface area contributed by atoms with E-state index in [4.69, 9.17) is 5.26 Å². The van der Waals surface area contributed by atoms with E-state index < -0.39 is 0 Å². The van der Waals surface area contributed by atoms with Crippen LogP contribution in [0.3, 0.4) is 0 Å². The van der Waals surface area contributed by atoms with Gasteiger partial charge in [-0.3, -0.25) is 0 Å². The summed E-state index contributed by atoms with van der Waals surface area (Å²) in [5, 5.41) is 8.97. The van der Waals surface area contributed by atoms with Gasteiger partial charge in [-0.25, -0.2) is 4.39 Å². The fraction of sp³-hybridized carbons (Fsp3) is 0.269. The highest BCUT2D eigenvalue weighted by Crippen LogP contribution is 2.40. The van der Waals surface area contributed by atoms with Crippen LogP contribution in [0.25, 0.3) is 22.3 Å². The summed E-state index contributed by atoms with van der Waals surface area (Å²) in [5.41, 5.74) is 8.42. The summed E-state index contributed by atoms with van der Waals surface area (Å²) in [6, 6.07) is 20.0. The predicted molar refractivity (Wildman–Crippen MR) is 113 cm³/mol. The molecule has 0 aromatic heterocycles. The topological polar surface area (TPSA) is 23.8 Å². The number of halogens is 1. The number of aryl methyl sites for hydroxylation is 1. The molecule has 0 spiro atoms. The van der Waals surface area contributed by atoms with Gasteiger partial charge in [0.2, 0.25) is 0 Å². The number of unbranched alkanes of at least 4 members (excludes halogenated alkanes) is 3. The van der Waals surface area contributed by atoms with Gasteiger partial charge in [-0.1, -0.05) is 62.6 Å². The molecule has 0 fully saturated rings. The zero-order valence-electron chi connectivity index (χ0n) is 16.3. The van der Waals surface area contributed by atoms with Gasteiger partial charge >= 0.3 is 0 Å². The normalized spacial score (nSPS) is 11.8. The van der Waals surface area contributed by atoms with Crippen molar-refractivity contribution >= 4 is 0 Å². The van der Waals surface area contributed by atoms with Gasteiger partial charge in [0.15, 0.2) is 0 Å². The molecule has 0 amide bonds. The van der Waals surface area contributed by atoms with E-state index in [9.17, 15) is 4.39 Å². The first-order chi connectivity index (χ1) is 13.7. The lowest BCUT2D eigenvalue weighted by Gasteiger charge is -2.08. The zero-order valence-corrected chi connectivity index (χ0v) is 16.3. The van der Waals surface area contributed by atoms with Crippen LogP contribution in [0.4, 0.5) is 4.39 Å². The molecular weight excluding hydrogens is 345 g/mol. The van der Waals surface area contributed by atoms with Crippen molar-refractivity contribution in [2.24, 2.45) is 0 Å². The van der Waals surface area contributed by atoms with Gasteiger partial charge in [-0.15, -0.1) is 0 Å². The average Bonchev–Trinajstić information content (AvgIpc) is 3.07. The molecule has 140 valence electrons. The number of rotatable bonds is 6. The zero-order chi connectivity index (χ0) is 19.5. The maximum atomic E-state index is 14.6. The summed E-state index contributed by atoms with van der Waals surface area (Å²) in [5.74, 6) is -0.0701. The molecule has 2 heteroatoms. The van der Waals surface area contributed by atoms with Crippen molar-refractivity contribution in [3.8, 4) is 28.3 Å². The van der Waals surface area contributed by atoms with Crippen LogP contribution in [0.2, 0.25) is 0 Å². The Morgan fingerprint density at radius 2 is 1.61 bits per heavy atom. The molecule has 4 rings (SSSR count). The molecule has 0 saturated heterocycles. The molecule has 1 aliphatic carbocycles. The molecular formula is C26H24FN. The van der Waals surface area contributed by atoms with Crippen molar-refractivity contribution in [1.82, 2.24) is 0 Å². The highest BCUT2D eigenvalue weighted by atomic mass is 19.1. The lowest BCUT2D eigenvalue weighted by Crippen LogP contribution is -1.94. The molecule has 0 heterocycles. The Kier molecular flexibility index (Phi) is 5.26. The SMILES string of the molecule is CCCCCCc1cc2c(cc1F)-c1ccc(-c3ccc(C#N)cc3)cc1C2. The largest absolute Gasteiger partial charge is 0.207 e. The Balaban J connectivity index is 1.59. The molecule has 3 aromatic carbocycles. The van der Waals surface area contributed by atoms with E-state index in [1.807, 2.05) is 24.3 Å². The predicted octanol–water partition coefficient (Wildman–Crippen LogP) is 7.06. The number of hydrogen-bond donors (Lipinski definition) is 0. The molecule has 1 nitrogen and oxygen atoms in total.